The Kier molecular flexibility index (Phi) is 6.09. The smallest absolute Gasteiger partial charge is 0.228 e. The number of anilines is 1. The van der Waals surface area contributed by atoms with E-state index in [-0.39, 0.29) is 36.0 Å². The second-order valence-electron chi connectivity index (χ2n) is 8.37. The number of hydrogen-bond acceptors (Lipinski definition) is 3. The summed E-state index contributed by atoms with van der Waals surface area (Å²) in [5.74, 6) is -0.0337. The quantitative estimate of drug-likeness (QED) is 0.759. The van der Waals surface area contributed by atoms with Crippen LogP contribution in [0, 0.1) is 11.8 Å². The van der Waals surface area contributed by atoms with E-state index in [1.54, 1.807) is 17.0 Å². The maximum absolute atomic E-state index is 13.0. The zero-order valence-electron chi connectivity index (χ0n) is 16.7. The third kappa shape index (κ3) is 4.42. The first-order valence-electron chi connectivity index (χ1n) is 10.7. The van der Waals surface area contributed by atoms with E-state index in [1.165, 1.54) is 6.42 Å². The number of carbonyl (C=O) groups excluding carboxylic acids is 3. The number of hydrogen-bond donors (Lipinski definition) is 0. The Balaban J connectivity index is 1.32. The number of rotatable bonds is 3. The molecule has 0 spiro atoms. The highest BCUT2D eigenvalue weighted by Crippen LogP contribution is 2.29. The van der Waals surface area contributed by atoms with Gasteiger partial charge in [0.1, 0.15) is 0 Å². The molecule has 0 aliphatic carbocycles. The fraction of sp³-hybridized carbons (Fsp3) is 0.591. The summed E-state index contributed by atoms with van der Waals surface area (Å²) < 4.78 is 0. The molecule has 6 nitrogen and oxygen atoms in total. The fourth-order valence-corrected chi connectivity index (χ4v) is 4.93. The van der Waals surface area contributed by atoms with Gasteiger partial charge in [-0.2, -0.15) is 0 Å². The van der Waals surface area contributed by atoms with Crippen LogP contribution in [0.2, 0.25) is 5.02 Å². The molecule has 0 radical (unpaired) electrons. The molecule has 1 unspecified atom stereocenters. The van der Waals surface area contributed by atoms with E-state index in [0.717, 1.165) is 44.5 Å². The van der Waals surface area contributed by atoms with Gasteiger partial charge in [-0.15, -0.1) is 0 Å². The molecule has 3 amide bonds. The van der Waals surface area contributed by atoms with E-state index in [1.807, 2.05) is 21.9 Å². The summed E-state index contributed by atoms with van der Waals surface area (Å²) in [5.41, 5.74) is 0.739. The van der Waals surface area contributed by atoms with Crippen molar-refractivity contribution in [3.63, 3.8) is 0 Å². The Morgan fingerprint density at radius 1 is 0.897 bits per heavy atom. The predicted octanol–water partition coefficient (Wildman–Crippen LogP) is 2.94. The van der Waals surface area contributed by atoms with E-state index in [2.05, 4.69) is 0 Å². The largest absolute Gasteiger partial charge is 0.342 e. The van der Waals surface area contributed by atoms with E-state index in [4.69, 9.17) is 11.6 Å². The van der Waals surface area contributed by atoms with Gasteiger partial charge in [-0.3, -0.25) is 14.4 Å². The van der Waals surface area contributed by atoms with Gasteiger partial charge in [0.2, 0.25) is 17.7 Å². The first-order valence-corrected chi connectivity index (χ1v) is 11.0. The van der Waals surface area contributed by atoms with Crippen LogP contribution < -0.4 is 4.90 Å². The zero-order valence-corrected chi connectivity index (χ0v) is 17.4. The van der Waals surface area contributed by atoms with Crippen LogP contribution in [0.1, 0.15) is 38.5 Å². The van der Waals surface area contributed by atoms with Crippen molar-refractivity contribution in [1.29, 1.82) is 0 Å². The van der Waals surface area contributed by atoms with Gasteiger partial charge in [-0.25, -0.2) is 0 Å². The summed E-state index contributed by atoms with van der Waals surface area (Å²) in [6, 6.07) is 7.17. The molecule has 1 aromatic carbocycles. The Morgan fingerprint density at radius 3 is 2.24 bits per heavy atom. The van der Waals surface area contributed by atoms with Crippen LogP contribution in [0.4, 0.5) is 5.69 Å². The fourth-order valence-electron chi connectivity index (χ4n) is 4.74. The van der Waals surface area contributed by atoms with Crippen molar-refractivity contribution >= 4 is 35.0 Å². The minimum Gasteiger partial charge on any atom is -0.342 e. The number of nitrogens with zero attached hydrogens (tertiary/aromatic N) is 3. The molecule has 3 heterocycles. The van der Waals surface area contributed by atoms with E-state index < -0.39 is 0 Å². The minimum atomic E-state index is -0.323. The Labute approximate surface area is 176 Å². The van der Waals surface area contributed by atoms with Crippen LogP contribution in [0.5, 0.6) is 0 Å². The van der Waals surface area contributed by atoms with Crippen LogP contribution in [0.15, 0.2) is 24.3 Å². The molecule has 1 aromatic rings. The molecule has 0 saturated carbocycles. The van der Waals surface area contributed by atoms with Gasteiger partial charge in [0.05, 0.1) is 5.92 Å². The zero-order chi connectivity index (χ0) is 20.4. The average molecular weight is 418 g/mol. The molecule has 3 saturated heterocycles. The van der Waals surface area contributed by atoms with Gasteiger partial charge in [0.15, 0.2) is 0 Å². The van der Waals surface area contributed by atoms with E-state index in [0.29, 0.717) is 24.7 Å². The number of likely N-dealkylation sites (tertiary alicyclic amines) is 2. The molecule has 7 heteroatoms. The molecule has 0 N–H and O–H groups in total. The summed E-state index contributed by atoms with van der Waals surface area (Å²) in [7, 11) is 0. The Bertz CT molecular complexity index is 785. The van der Waals surface area contributed by atoms with Crippen LogP contribution >= 0.6 is 11.6 Å². The lowest BCUT2D eigenvalue weighted by Gasteiger charge is -2.36. The second-order valence-corrected chi connectivity index (χ2v) is 8.81. The summed E-state index contributed by atoms with van der Waals surface area (Å²) in [6.45, 7) is 3.35. The van der Waals surface area contributed by atoms with Crippen LogP contribution in [0.25, 0.3) is 0 Å². The average Bonchev–Trinajstić information content (AvgIpc) is 3.15. The van der Waals surface area contributed by atoms with Gasteiger partial charge in [-0.05, 0) is 50.3 Å². The third-order valence-corrected chi connectivity index (χ3v) is 6.65. The van der Waals surface area contributed by atoms with Gasteiger partial charge in [0, 0.05) is 55.8 Å². The van der Waals surface area contributed by atoms with Crippen molar-refractivity contribution in [2.75, 3.05) is 37.6 Å². The topological polar surface area (TPSA) is 60.9 Å². The lowest BCUT2D eigenvalue weighted by atomic mass is 9.93. The highest BCUT2D eigenvalue weighted by molar-refractivity contribution is 6.31. The lowest BCUT2D eigenvalue weighted by molar-refractivity contribution is -0.143. The first kappa shape index (κ1) is 20.2. The molecular formula is C22H28ClN3O3. The monoisotopic (exact) mass is 417 g/mol. The molecule has 3 aliphatic heterocycles. The maximum atomic E-state index is 13.0. The van der Waals surface area contributed by atoms with Gasteiger partial charge >= 0.3 is 0 Å². The molecule has 4 rings (SSSR count). The Morgan fingerprint density at radius 2 is 1.55 bits per heavy atom. The molecule has 156 valence electrons. The minimum absolute atomic E-state index is 0.0327. The standard InChI is InChI=1S/C22H28ClN3O3/c23-18-5-4-6-19(14-18)26-15-17(13-20(26)27)22(29)25-11-7-16(8-12-25)21(28)24-9-2-1-3-10-24/h4-6,14,16-17H,1-3,7-13,15H2. The van der Waals surface area contributed by atoms with Gasteiger partial charge in [-0.1, -0.05) is 17.7 Å². The van der Waals surface area contributed by atoms with Crippen LogP contribution in [-0.2, 0) is 14.4 Å². The summed E-state index contributed by atoms with van der Waals surface area (Å²) in [4.78, 5) is 43.7. The Hall–Kier alpha value is -2.08. The van der Waals surface area contributed by atoms with Crippen molar-refractivity contribution in [2.24, 2.45) is 11.8 Å². The number of halogens is 1. The molecule has 29 heavy (non-hydrogen) atoms. The summed E-state index contributed by atoms with van der Waals surface area (Å²) in [5, 5.41) is 0.575. The van der Waals surface area contributed by atoms with Crippen molar-refractivity contribution in [1.82, 2.24) is 9.80 Å². The number of benzene rings is 1. The van der Waals surface area contributed by atoms with E-state index in [9.17, 15) is 14.4 Å². The number of carbonyl (C=O) groups is 3. The maximum Gasteiger partial charge on any atom is 0.228 e. The molecule has 3 aliphatic rings. The van der Waals surface area contributed by atoms with Crippen molar-refractivity contribution in [2.45, 2.75) is 38.5 Å². The summed E-state index contributed by atoms with van der Waals surface area (Å²) in [6.07, 6.45) is 5.09. The van der Waals surface area contributed by atoms with Gasteiger partial charge < -0.3 is 14.7 Å². The predicted molar refractivity (Wildman–Crippen MR) is 112 cm³/mol. The number of amides is 3. The molecule has 0 aromatic heterocycles. The van der Waals surface area contributed by atoms with Crippen LogP contribution in [-0.4, -0.2) is 60.2 Å². The SMILES string of the molecule is O=C(C1CCN(C(=O)C2CC(=O)N(c3cccc(Cl)c3)C2)CC1)N1CCCCC1. The molecular weight excluding hydrogens is 390 g/mol. The van der Waals surface area contributed by atoms with E-state index >= 15 is 0 Å². The van der Waals surface area contributed by atoms with Crippen LogP contribution in [0.3, 0.4) is 0 Å². The van der Waals surface area contributed by atoms with Crippen molar-refractivity contribution in [3.05, 3.63) is 29.3 Å². The lowest BCUT2D eigenvalue weighted by Crippen LogP contribution is -2.47. The van der Waals surface area contributed by atoms with Crippen molar-refractivity contribution in [3.8, 4) is 0 Å². The highest BCUT2D eigenvalue weighted by Gasteiger charge is 2.39. The van der Waals surface area contributed by atoms with Crippen molar-refractivity contribution < 1.29 is 14.4 Å². The first-order chi connectivity index (χ1) is 14.0. The highest BCUT2D eigenvalue weighted by atomic mass is 35.5. The normalized spacial score (nSPS) is 23.6. The third-order valence-electron chi connectivity index (χ3n) is 6.42. The summed E-state index contributed by atoms with van der Waals surface area (Å²) >= 11 is 6.04. The molecule has 1 atom stereocenters. The molecule has 3 fully saturated rings. The number of piperidine rings is 2. The van der Waals surface area contributed by atoms with Gasteiger partial charge in [0.25, 0.3) is 0 Å². The molecule has 0 bridgehead atoms. The second kappa shape index (κ2) is 8.74.